The molecule has 0 radical (unpaired) electrons. The molecule has 1 heterocycles. The van der Waals surface area contributed by atoms with Crippen molar-refractivity contribution in [1.82, 2.24) is 4.90 Å². The molecule has 0 aliphatic rings. The van der Waals surface area contributed by atoms with Gasteiger partial charge in [-0.05, 0) is 24.9 Å². The summed E-state index contributed by atoms with van der Waals surface area (Å²) in [5, 5.41) is 13.8. The number of nitrogens with two attached hydrogens (primary N) is 1. The summed E-state index contributed by atoms with van der Waals surface area (Å²) in [6.45, 7) is 2.85. The average Bonchev–Trinajstić information content (AvgIpc) is 2.71. The first-order valence-electron chi connectivity index (χ1n) is 4.89. The highest BCUT2D eigenvalue weighted by Gasteiger charge is 2.17. The average molecular weight is 227 g/mol. The van der Waals surface area contributed by atoms with Crippen molar-refractivity contribution in [3.8, 4) is 0 Å². The lowest BCUT2D eigenvalue weighted by Gasteiger charge is -2.25. The Labute approximate surface area is 94.0 Å². The van der Waals surface area contributed by atoms with Crippen LogP contribution in [0.15, 0.2) is 22.7 Å². The first-order valence-corrected chi connectivity index (χ1v) is 5.77. The molecule has 5 heteroatoms. The Balaban J connectivity index is 2.61. The van der Waals surface area contributed by atoms with E-state index in [1.54, 1.807) is 11.3 Å². The molecule has 0 saturated heterocycles. The van der Waals surface area contributed by atoms with Gasteiger partial charge in [0.05, 0.1) is 6.04 Å². The van der Waals surface area contributed by atoms with Crippen molar-refractivity contribution in [3.05, 3.63) is 22.4 Å². The standard InChI is InChI=1S/C10H17N3OS/c1-3-9(10(11)12-14)13(2)7-8-5-4-6-15-8/h4-6,9,14H,3,7H2,1-2H3,(H2,11,12). The molecular weight excluding hydrogens is 210 g/mol. The van der Waals surface area contributed by atoms with E-state index in [4.69, 9.17) is 10.9 Å². The second-order valence-electron chi connectivity index (χ2n) is 3.44. The fourth-order valence-corrected chi connectivity index (χ4v) is 2.34. The van der Waals surface area contributed by atoms with Crippen LogP contribution < -0.4 is 5.73 Å². The van der Waals surface area contributed by atoms with Gasteiger partial charge in [-0.3, -0.25) is 4.90 Å². The molecule has 0 aromatic carbocycles. The van der Waals surface area contributed by atoms with Gasteiger partial charge in [-0.2, -0.15) is 0 Å². The van der Waals surface area contributed by atoms with Gasteiger partial charge in [0.25, 0.3) is 0 Å². The van der Waals surface area contributed by atoms with Gasteiger partial charge in [0, 0.05) is 11.4 Å². The third-order valence-electron chi connectivity index (χ3n) is 2.36. The molecule has 84 valence electrons. The number of hydrogen-bond acceptors (Lipinski definition) is 4. The van der Waals surface area contributed by atoms with Gasteiger partial charge in [0.15, 0.2) is 5.84 Å². The zero-order chi connectivity index (χ0) is 11.3. The van der Waals surface area contributed by atoms with Gasteiger partial charge < -0.3 is 10.9 Å². The second-order valence-corrected chi connectivity index (χ2v) is 4.48. The topological polar surface area (TPSA) is 61.9 Å². The fourth-order valence-electron chi connectivity index (χ4n) is 1.57. The number of rotatable bonds is 5. The molecule has 0 fully saturated rings. The third kappa shape index (κ3) is 3.21. The molecule has 1 unspecified atom stereocenters. The molecule has 0 aliphatic carbocycles. The molecule has 4 nitrogen and oxygen atoms in total. The highest BCUT2D eigenvalue weighted by atomic mass is 32.1. The molecule has 1 aromatic rings. The smallest absolute Gasteiger partial charge is 0.156 e. The Bertz CT molecular complexity index is 310. The molecule has 0 bridgehead atoms. The molecule has 15 heavy (non-hydrogen) atoms. The maximum absolute atomic E-state index is 8.65. The van der Waals surface area contributed by atoms with E-state index in [0.29, 0.717) is 0 Å². The van der Waals surface area contributed by atoms with Crippen molar-refractivity contribution in [2.75, 3.05) is 7.05 Å². The van der Waals surface area contributed by atoms with E-state index in [9.17, 15) is 0 Å². The van der Waals surface area contributed by atoms with Gasteiger partial charge in [-0.15, -0.1) is 11.3 Å². The number of thiophene rings is 1. The largest absolute Gasteiger partial charge is 0.409 e. The van der Waals surface area contributed by atoms with Crippen LogP contribution in [-0.4, -0.2) is 29.0 Å². The zero-order valence-corrected chi connectivity index (χ0v) is 9.87. The van der Waals surface area contributed by atoms with E-state index in [0.717, 1.165) is 13.0 Å². The van der Waals surface area contributed by atoms with Gasteiger partial charge in [0.1, 0.15) is 0 Å². The maximum Gasteiger partial charge on any atom is 0.156 e. The minimum absolute atomic E-state index is 0.00269. The van der Waals surface area contributed by atoms with Crippen molar-refractivity contribution in [3.63, 3.8) is 0 Å². The van der Waals surface area contributed by atoms with E-state index in [-0.39, 0.29) is 11.9 Å². The van der Waals surface area contributed by atoms with E-state index in [1.807, 2.05) is 25.4 Å². The Hall–Kier alpha value is -1.07. The quantitative estimate of drug-likeness (QED) is 0.348. The summed E-state index contributed by atoms with van der Waals surface area (Å²) in [6.07, 6.45) is 0.831. The summed E-state index contributed by atoms with van der Waals surface area (Å²) in [5.74, 6) is 0.275. The van der Waals surface area contributed by atoms with E-state index in [1.165, 1.54) is 4.88 Å². The van der Waals surface area contributed by atoms with E-state index >= 15 is 0 Å². The van der Waals surface area contributed by atoms with Crippen LogP contribution in [0.25, 0.3) is 0 Å². The lowest BCUT2D eigenvalue weighted by atomic mass is 10.2. The van der Waals surface area contributed by atoms with Gasteiger partial charge in [-0.25, -0.2) is 0 Å². The van der Waals surface area contributed by atoms with E-state index in [2.05, 4.69) is 16.1 Å². The summed E-state index contributed by atoms with van der Waals surface area (Å²) in [4.78, 5) is 3.36. The first kappa shape index (κ1) is 12.0. The molecule has 0 aliphatic heterocycles. The molecular formula is C10H17N3OS. The minimum Gasteiger partial charge on any atom is -0.409 e. The van der Waals surface area contributed by atoms with Crippen molar-refractivity contribution in [1.29, 1.82) is 0 Å². The molecule has 1 rings (SSSR count). The van der Waals surface area contributed by atoms with Gasteiger partial charge in [0.2, 0.25) is 0 Å². The van der Waals surface area contributed by atoms with Crippen LogP contribution in [-0.2, 0) is 6.54 Å². The van der Waals surface area contributed by atoms with Crippen LogP contribution in [0.4, 0.5) is 0 Å². The Morgan fingerprint density at radius 2 is 2.47 bits per heavy atom. The molecule has 1 aromatic heterocycles. The normalized spacial score (nSPS) is 14.5. The third-order valence-corrected chi connectivity index (χ3v) is 3.22. The summed E-state index contributed by atoms with van der Waals surface area (Å²) < 4.78 is 0. The van der Waals surface area contributed by atoms with E-state index < -0.39 is 0 Å². The molecule has 0 amide bonds. The van der Waals surface area contributed by atoms with Crippen molar-refractivity contribution in [2.45, 2.75) is 25.9 Å². The van der Waals surface area contributed by atoms with Crippen LogP contribution in [0.5, 0.6) is 0 Å². The monoisotopic (exact) mass is 227 g/mol. The summed E-state index contributed by atoms with van der Waals surface area (Å²) >= 11 is 1.71. The number of hydrogen-bond donors (Lipinski definition) is 2. The van der Waals surface area contributed by atoms with Crippen LogP contribution >= 0.6 is 11.3 Å². The van der Waals surface area contributed by atoms with Crippen LogP contribution in [0.3, 0.4) is 0 Å². The summed E-state index contributed by atoms with van der Waals surface area (Å²) in [7, 11) is 1.98. The van der Waals surface area contributed by atoms with Gasteiger partial charge >= 0.3 is 0 Å². The molecule has 3 N–H and O–H groups in total. The number of oxime groups is 1. The maximum atomic E-state index is 8.65. The summed E-state index contributed by atoms with van der Waals surface area (Å²) in [5.41, 5.74) is 5.62. The van der Waals surface area contributed by atoms with Crippen molar-refractivity contribution in [2.24, 2.45) is 10.9 Å². The van der Waals surface area contributed by atoms with Crippen molar-refractivity contribution < 1.29 is 5.21 Å². The lowest BCUT2D eigenvalue weighted by Crippen LogP contribution is -2.41. The van der Waals surface area contributed by atoms with Crippen LogP contribution in [0, 0.1) is 0 Å². The molecule has 1 atom stereocenters. The minimum atomic E-state index is -0.00269. The number of nitrogens with zero attached hydrogens (tertiary/aromatic N) is 2. The fraction of sp³-hybridized carbons (Fsp3) is 0.500. The van der Waals surface area contributed by atoms with Crippen molar-refractivity contribution >= 4 is 17.2 Å². The predicted octanol–water partition coefficient (Wildman–Crippen LogP) is 1.70. The molecule has 0 saturated carbocycles. The zero-order valence-electron chi connectivity index (χ0n) is 9.05. The number of likely N-dealkylation sites (N-methyl/N-ethyl adjacent to an activating group) is 1. The highest BCUT2D eigenvalue weighted by Crippen LogP contribution is 2.13. The SMILES string of the molecule is CCC(C(N)=NO)N(C)Cc1cccs1. The summed E-state index contributed by atoms with van der Waals surface area (Å²) in [6, 6.07) is 4.11. The van der Waals surface area contributed by atoms with Gasteiger partial charge in [-0.1, -0.05) is 18.1 Å². The van der Waals surface area contributed by atoms with Crippen LogP contribution in [0.2, 0.25) is 0 Å². The first-order chi connectivity index (χ1) is 7.19. The number of amidine groups is 1. The molecule has 0 spiro atoms. The Morgan fingerprint density at radius 3 is 2.93 bits per heavy atom. The lowest BCUT2D eigenvalue weighted by molar-refractivity contribution is 0.266. The highest BCUT2D eigenvalue weighted by molar-refractivity contribution is 7.09. The van der Waals surface area contributed by atoms with Crippen LogP contribution in [0.1, 0.15) is 18.2 Å². The predicted molar refractivity (Wildman–Crippen MR) is 63.3 cm³/mol. The second kappa shape index (κ2) is 5.72. The Kier molecular flexibility index (Phi) is 4.58. The Morgan fingerprint density at radius 1 is 1.73 bits per heavy atom.